The third kappa shape index (κ3) is 5.72. The van der Waals surface area contributed by atoms with Crippen LogP contribution in [-0.2, 0) is 19.6 Å². The molecule has 1 aromatic carbocycles. The van der Waals surface area contributed by atoms with Crippen molar-refractivity contribution in [2.24, 2.45) is 0 Å². The highest BCUT2D eigenvalue weighted by Crippen LogP contribution is 2.17. The first-order valence-electron chi connectivity index (χ1n) is 8.85. The molecule has 1 aliphatic heterocycles. The molecular weight excluding hydrogens is 386 g/mol. The van der Waals surface area contributed by atoms with Crippen LogP contribution in [0.4, 0.5) is 5.69 Å². The van der Waals surface area contributed by atoms with Crippen LogP contribution < -0.4 is 10.0 Å². The minimum absolute atomic E-state index is 0.0104. The van der Waals surface area contributed by atoms with Crippen LogP contribution in [-0.4, -0.2) is 85.5 Å². The molecule has 0 saturated carbocycles. The lowest BCUT2D eigenvalue weighted by atomic mass is 10.1. The summed E-state index contributed by atoms with van der Waals surface area (Å²) in [4.78, 5) is 21.6. The van der Waals surface area contributed by atoms with Gasteiger partial charge in [0.2, 0.25) is 15.9 Å². The Balaban J connectivity index is 1.61. The molecule has 0 bridgehead atoms. The molecule has 1 amide bonds. The van der Waals surface area contributed by atoms with Gasteiger partial charge in [0.1, 0.15) is 11.4 Å². The quantitative estimate of drug-likeness (QED) is 0.499. The summed E-state index contributed by atoms with van der Waals surface area (Å²) in [6, 6.07) is 5.41. The van der Waals surface area contributed by atoms with E-state index in [1.165, 1.54) is 0 Å². The second-order valence-electron chi connectivity index (χ2n) is 7.18. The smallest absolute Gasteiger partial charge is 0.238 e. The molecule has 11 heteroatoms. The van der Waals surface area contributed by atoms with E-state index in [1.807, 2.05) is 19.1 Å². The van der Waals surface area contributed by atoms with Crippen molar-refractivity contribution in [2.45, 2.75) is 12.5 Å². The van der Waals surface area contributed by atoms with Crippen LogP contribution >= 0.6 is 0 Å². The normalized spacial score (nSPS) is 21.5. The Bertz CT molecular complexity index is 960. The number of aromatic nitrogens is 2. The van der Waals surface area contributed by atoms with Gasteiger partial charge in [-0.15, -0.1) is 0 Å². The number of nitrogens with zero attached hydrogens (tertiary/aromatic N) is 2. The van der Waals surface area contributed by atoms with Gasteiger partial charge in [0.25, 0.3) is 0 Å². The number of hydrogen-bond acceptors (Lipinski definition) is 7. The number of anilines is 1. The molecule has 2 heterocycles. The lowest BCUT2D eigenvalue weighted by Crippen LogP contribution is -2.53. The fraction of sp³-hybridized carbons (Fsp3) is 0.529. The summed E-state index contributed by atoms with van der Waals surface area (Å²) in [6.45, 7) is 2.62. The first-order valence-corrected chi connectivity index (χ1v) is 10.7. The third-order valence-electron chi connectivity index (χ3n) is 4.36. The molecule has 1 aromatic heterocycles. The molecule has 0 spiro atoms. The number of ether oxygens (including phenoxy) is 1. The Morgan fingerprint density at radius 2 is 2.25 bits per heavy atom. The molecule has 28 heavy (non-hydrogen) atoms. The van der Waals surface area contributed by atoms with Crippen molar-refractivity contribution < 1.29 is 23.1 Å². The second kappa shape index (κ2) is 8.13. The van der Waals surface area contributed by atoms with Crippen LogP contribution in [0.2, 0.25) is 0 Å². The number of β-amino-alcohol motifs (C(OH)–C–C–N with tert-alkyl or cyclic N) is 1. The van der Waals surface area contributed by atoms with Gasteiger partial charge in [0, 0.05) is 25.3 Å². The SMILES string of the molecule is Cc1nc2ccc(NC(=O)CN3CCOC[C@](O)(CNS(C)(=O)=O)C3)cc2[nH]1. The predicted molar refractivity (Wildman–Crippen MR) is 105 cm³/mol. The zero-order chi connectivity index (χ0) is 20.4. The van der Waals surface area contributed by atoms with Crippen LogP contribution in [0, 0.1) is 6.92 Å². The van der Waals surface area contributed by atoms with E-state index in [4.69, 9.17) is 4.74 Å². The molecule has 0 unspecified atom stereocenters. The number of aromatic amines is 1. The number of amides is 1. The van der Waals surface area contributed by atoms with Crippen molar-refractivity contribution in [3.05, 3.63) is 24.0 Å². The number of nitrogens with one attached hydrogen (secondary N) is 3. The summed E-state index contributed by atoms with van der Waals surface area (Å²) < 4.78 is 30.3. The zero-order valence-electron chi connectivity index (χ0n) is 15.9. The zero-order valence-corrected chi connectivity index (χ0v) is 16.7. The van der Waals surface area contributed by atoms with Crippen LogP contribution in [0.3, 0.4) is 0 Å². The molecular formula is C17H25N5O5S. The number of carbonyl (C=O) groups is 1. The summed E-state index contributed by atoms with van der Waals surface area (Å²) in [5.74, 6) is 0.556. The molecule has 0 aliphatic carbocycles. The van der Waals surface area contributed by atoms with Gasteiger partial charge < -0.3 is 20.1 Å². The van der Waals surface area contributed by atoms with E-state index < -0.39 is 15.6 Å². The average Bonchev–Trinajstić information content (AvgIpc) is 2.85. The number of aliphatic hydroxyl groups is 1. The van der Waals surface area contributed by atoms with Crippen LogP contribution in [0.25, 0.3) is 11.0 Å². The average molecular weight is 411 g/mol. The number of H-pyrrole nitrogens is 1. The highest BCUT2D eigenvalue weighted by Gasteiger charge is 2.33. The standard InChI is InChI=1S/C17H25N5O5S/c1-12-19-14-4-3-13(7-15(14)20-12)21-16(23)8-22-5-6-27-11-17(24,10-22)9-18-28(2,25)26/h3-4,7,18,24H,5-6,8-11H2,1-2H3,(H,19,20)(H,21,23)/t17-/m0/s1. The Hall–Kier alpha value is -2.05. The van der Waals surface area contributed by atoms with Crippen molar-refractivity contribution >= 4 is 32.7 Å². The number of benzene rings is 1. The van der Waals surface area contributed by atoms with Crippen molar-refractivity contribution in [2.75, 3.05) is 51.0 Å². The summed E-state index contributed by atoms with van der Waals surface area (Å²) in [5, 5.41) is 13.5. The van der Waals surface area contributed by atoms with Crippen molar-refractivity contribution in [1.82, 2.24) is 19.6 Å². The first kappa shape index (κ1) is 20.7. The molecule has 1 saturated heterocycles. The molecule has 1 atom stereocenters. The van der Waals surface area contributed by atoms with Crippen LogP contribution in [0.5, 0.6) is 0 Å². The van der Waals surface area contributed by atoms with E-state index in [-0.39, 0.29) is 32.1 Å². The van der Waals surface area contributed by atoms with E-state index in [0.717, 1.165) is 23.1 Å². The van der Waals surface area contributed by atoms with Crippen LogP contribution in [0.1, 0.15) is 5.82 Å². The number of aryl methyl sites for hydroxylation is 1. The monoisotopic (exact) mass is 411 g/mol. The maximum absolute atomic E-state index is 12.4. The summed E-state index contributed by atoms with van der Waals surface area (Å²) in [6.07, 6.45) is 1.02. The Morgan fingerprint density at radius 1 is 1.46 bits per heavy atom. The fourth-order valence-electron chi connectivity index (χ4n) is 3.12. The number of rotatable bonds is 6. The van der Waals surface area contributed by atoms with Gasteiger partial charge in [-0.1, -0.05) is 0 Å². The van der Waals surface area contributed by atoms with Gasteiger partial charge >= 0.3 is 0 Å². The number of carbonyl (C=O) groups excluding carboxylic acids is 1. The van der Waals surface area contributed by atoms with Gasteiger partial charge in [-0.25, -0.2) is 18.1 Å². The topological polar surface area (TPSA) is 137 Å². The van der Waals surface area contributed by atoms with E-state index in [9.17, 15) is 18.3 Å². The van der Waals surface area contributed by atoms with Gasteiger partial charge in [-0.3, -0.25) is 9.69 Å². The van der Waals surface area contributed by atoms with Gasteiger partial charge in [0.15, 0.2) is 0 Å². The van der Waals surface area contributed by atoms with E-state index in [0.29, 0.717) is 18.8 Å². The molecule has 0 radical (unpaired) electrons. The summed E-state index contributed by atoms with van der Waals surface area (Å²) in [5.41, 5.74) is 0.885. The molecule has 4 N–H and O–H groups in total. The van der Waals surface area contributed by atoms with E-state index in [1.54, 1.807) is 11.0 Å². The lowest BCUT2D eigenvalue weighted by Gasteiger charge is -2.30. The maximum atomic E-state index is 12.4. The third-order valence-corrected chi connectivity index (χ3v) is 5.02. The Morgan fingerprint density at radius 3 is 3.00 bits per heavy atom. The van der Waals surface area contributed by atoms with Crippen molar-refractivity contribution in [3.63, 3.8) is 0 Å². The van der Waals surface area contributed by atoms with Crippen molar-refractivity contribution in [3.8, 4) is 0 Å². The molecule has 154 valence electrons. The minimum atomic E-state index is -3.44. The maximum Gasteiger partial charge on any atom is 0.238 e. The number of imidazole rings is 1. The molecule has 2 aromatic rings. The summed E-state index contributed by atoms with van der Waals surface area (Å²) in [7, 11) is -3.44. The Labute approximate surface area is 163 Å². The largest absolute Gasteiger partial charge is 0.385 e. The first-order chi connectivity index (χ1) is 13.1. The molecule has 1 fully saturated rings. The number of hydrogen-bond donors (Lipinski definition) is 4. The van der Waals surface area contributed by atoms with E-state index in [2.05, 4.69) is 20.0 Å². The molecule has 1 aliphatic rings. The van der Waals surface area contributed by atoms with Gasteiger partial charge in [-0.05, 0) is 25.1 Å². The highest BCUT2D eigenvalue weighted by atomic mass is 32.2. The lowest BCUT2D eigenvalue weighted by molar-refractivity contribution is -0.117. The van der Waals surface area contributed by atoms with Gasteiger partial charge in [0.05, 0.1) is 37.0 Å². The summed E-state index contributed by atoms with van der Waals surface area (Å²) >= 11 is 0. The van der Waals surface area contributed by atoms with Crippen molar-refractivity contribution in [1.29, 1.82) is 0 Å². The Kier molecular flexibility index (Phi) is 6.01. The fourth-order valence-corrected chi connectivity index (χ4v) is 3.65. The second-order valence-corrected chi connectivity index (χ2v) is 9.02. The molecule has 3 rings (SSSR count). The molecule has 10 nitrogen and oxygen atoms in total. The van der Waals surface area contributed by atoms with Crippen LogP contribution in [0.15, 0.2) is 18.2 Å². The van der Waals surface area contributed by atoms with Gasteiger partial charge in [-0.2, -0.15) is 0 Å². The highest BCUT2D eigenvalue weighted by molar-refractivity contribution is 7.88. The minimum Gasteiger partial charge on any atom is -0.385 e. The predicted octanol–water partition coefficient (Wildman–Crippen LogP) is -0.578. The number of fused-ring (bicyclic) bond motifs is 1. The number of sulfonamides is 1. The van der Waals surface area contributed by atoms with E-state index >= 15 is 0 Å².